The molecule has 2 rings (SSSR count). The van der Waals surface area contributed by atoms with Gasteiger partial charge >= 0.3 is 34.9 Å². The molecular formula is C17H11F13N2S2. The van der Waals surface area contributed by atoms with E-state index in [9.17, 15) is 54.6 Å². The molecule has 0 aliphatic carbocycles. The Morgan fingerprint density at radius 2 is 1.06 bits per heavy atom. The van der Waals surface area contributed by atoms with Crippen molar-refractivity contribution in [2.24, 2.45) is 0 Å². The average Bonchev–Trinajstić information content (AvgIpc) is 2.65. The summed E-state index contributed by atoms with van der Waals surface area (Å²) in [6.45, 7) is 0. The number of rotatable bonds is 7. The highest BCUT2D eigenvalue weighted by atomic mass is 32.5. The zero-order valence-electron chi connectivity index (χ0n) is 15.9. The van der Waals surface area contributed by atoms with E-state index in [-0.39, 0.29) is 36.0 Å². The van der Waals surface area contributed by atoms with Gasteiger partial charge in [-0.2, -0.15) is 17.6 Å². The van der Waals surface area contributed by atoms with E-state index in [4.69, 9.17) is 0 Å². The highest BCUT2D eigenvalue weighted by molar-refractivity contribution is 8.45. The quantitative estimate of drug-likeness (QED) is 0.264. The summed E-state index contributed by atoms with van der Waals surface area (Å²) in [6.07, 6.45) is -8.79. The van der Waals surface area contributed by atoms with E-state index in [0.717, 1.165) is 0 Å². The number of hydrogen-bond acceptors (Lipinski definition) is 1. The third kappa shape index (κ3) is 6.37. The summed E-state index contributed by atoms with van der Waals surface area (Å²) in [5.41, 5.74) is -4.76. The second kappa shape index (κ2) is 8.07. The molecule has 2 nitrogen and oxygen atoms in total. The normalized spacial score (nSPS) is 15.1. The van der Waals surface area contributed by atoms with Crippen LogP contribution in [0, 0.1) is 0 Å². The van der Waals surface area contributed by atoms with Crippen LogP contribution in [0.4, 0.5) is 65.9 Å². The SMILES string of the molecule is FC(F)C(F)(F)c1cc(NC(=S)Nc2ccc(S(F)(F)(F)(F)F)cc2)cc(C(F)(F)C(F)F)c1. The van der Waals surface area contributed by atoms with Gasteiger partial charge in [0.15, 0.2) is 5.11 Å². The van der Waals surface area contributed by atoms with Crippen LogP contribution < -0.4 is 10.6 Å². The molecule has 0 aromatic heterocycles. The number of hydrogen-bond donors (Lipinski definition) is 2. The van der Waals surface area contributed by atoms with Crippen molar-refractivity contribution in [3.05, 3.63) is 53.6 Å². The fourth-order valence-corrected chi connectivity index (χ4v) is 3.31. The predicted molar refractivity (Wildman–Crippen MR) is 104 cm³/mol. The lowest BCUT2D eigenvalue weighted by Crippen LogP contribution is -2.28. The van der Waals surface area contributed by atoms with Crippen LogP contribution in [0.2, 0.25) is 0 Å². The van der Waals surface area contributed by atoms with Crippen molar-refractivity contribution in [3.8, 4) is 0 Å². The predicted octanol–water partition coefficient (Wildman–Crippen LogP) is 8.87. The second-order valence-corrected chi connectivity index (χ2v) is 9.54. The number of halogens is 13. The van der Waals surface area contributed by atoms with Crippen molar-refractivity contribution in [1.82, 2.24) is 0 Å². The first-order chi connectivity index (χ1) is 15.0. The van der Waals surface area contributed by atoms with Gasteiger partial charge < -0.3 is 10.6 Å². The molecule has 2 N–H and O–H groups in total. The summed E-state index contributed by atoms with van der Waals surface area (Å²) in [5.74, 6) is -10.1. The zero-order valence-corrected chi connectivity index (χ0v) is 17.6. The van der Waals surface area contributed by atoms with Gasteiger partial charge in [0.05, 0.1) is 0 Å². The fourth-order valence-electron chi connectivity index (χ4n) is 2.43. The molecule has 0 amide bonds. The molecule has 0 saturated heterocycles. The molecule has 0 radical (unpaired) electrons. The average molecular weight is 554 g/mol. The van der Waals surface area contributed by atoms with Crippen molar-refractivity contribution in [2.45, 2.75) is 29.6 Å². The molecule has 0 spiro atoms. The van der Waals surface area contributed by atoms with Crippen molar-refractivity contribution < 1.29 is 54.6 Å². The lowest BCUT2D eigenvalue weighted by Gasteiger charge is -2.40. The molecule has 0 saturated carbocycles. The molecular weight excluding hydrogens is 543 g/mol. The molecule has 0 heterocycles. The summed E-state index contributed by atoms with van der Waals surface area (Å²) in [4.78, 5) is -2.25. The van der Waals surface area contributed by atoms with Gasteiger partial charge in [-0.05, 0) is 54.7 Å². The van der Waals surface area contributed by atoms with Gasteiger partial charge in [-0.3, -0.25) is 0 Å². The Hall–Kier alpha value is -2.43. The highest BCUT2D eigenvalue weighted by Gasteiger charge is 2.65. The smallest absolute Gasteiger partial charge is 0.332 e. The van der Waals surface area contributed by atoms with E-state index in [1.54, 1.807) is 0 Å². The van der Waals surface area contributed by atoms with Crippen molar-refractivity contribution in [1.29, 1.82) is 0 Å². The summed E-state index contributed by atoms with van der Waals surface area (Å²) < 4.78 is 169. The number of nitrogens with one attached hydrogen (secondary N) is 2. The lowest BCUT2D eigenvalue weighted by molar-refractivity contribution is -0.140. The molecule has 0 unspecified atom stereocenters. The Kier molecular flexibility index (Phi) is 6.60. The third-order valence-corrected chi connectivity index (χ3v) is 5.43. The molecule has 0 bridgehead atoms. The summed E-state index contributed by atoms with van der Waals surface area (Å²) >= 11 is 4.69. The number of anilines is 2. The zero-order chi connectivity index (χ0) is 26.4. The summed E-state index contributed by atoms with van der Waals surface area (Å²) in [6, 6.07) is 1.18. The molecule has 0 fully saturated rings. The number of alkyl halides is 8. The molecule has 0 aliphatic heterocycles. The molecule has 192 valence electrons. The molecule has 34 heavy (non-hydrogen) atoms. The fraction of sp³-hybridized carbons (Fsp3) is 0.235. The summed E-state index contributed by atoms with van der Waals surface area (Å²) in [7, 11) is -9.98. The lowest BCUT2D eigenvalue weighted by atomic mass is 10.00. The Morgan fingerprint density at radius 1 is 0.676 bits per heavy atom. The van der Waals surface area contributed by atoms with Crippen LogP contribution in [0.25, 0.3) is 0 Å². The van der Waals surface area contributed by atoms with Crippen LogP contribution in [0.5, 0.6) is 0 Å². The first-order valence-electron chi connectivity index (χ1n) is 8.44. The van der Waals surface area contributed by atoms with E-state index in [1.165, 1.54) is 0 Å². The second-order valence-electron chi connectivity index (χ2n) is 6.72. The van der Waals surface area contributed by atoms with Crippen LogP contribution in [0.3, 0.4) is 0 Å². The Balaban J connectivity index is 2.36. The van der Waals surface area contributed by atoms with Crippen LogP contribution in [0.15, 0.2) is 47.4 Å². The highest BCUT2D eigenvalue weighted by Crippen LogP contribution is 3.02. The van der Waals surface area contributed by atoms with Gasteiger partial charge in [-0.25, -0.2) is 17.6 Å². The van der Waals surface area contributed by atoms with Gasteiger partial charge in [-0.15, -0.1) is 0 Å². The van der Waals surface area contributed by atoms with Gasteiger partial charge in [0, 0.05) is 22.5 Å². The minimum Gasteiger partial charge on any atom is -0.332 e. The van der Waals surface area contributed by atoms with E-state index >= 15 is 0 Å². The Bertz CT molecular complexity index is 1030. The standard InChI is InChI=1S/C17H11F13N2S2/c18-13(19)16(22,23)8-5-9(17(24,25)14(20)21)7-11(6-8)32-15(33)31-10-1-3-12(4-2-10)34(26,27,28,29)30/h1-7,13-14H,(H2,31,32,33). The van der Waals surface area contributed by atoms with Crippen LogP contribution in [0.1, 0.15) is 11.1 Å². The van der Waals surface area contributed by atoms with Crippen LogP contribution in [-0.2, 0) is 11.8 Å². The molecule has 2 aromatic rings. The van der Waals surface area contributed by atoms with Crippen LogP contribution >= 0.6 is 22.4 Å². The first-order valence-corrected chi connectivity index (χ1v) is 10.8. The molecule has 0 atom stereocenters. The monoisotopic (exact) mass is 554 g/mol. The van der Waals surface area contributed by atoms with Crippen molar-refractivity contribution in [3.63, 3.8) is 0 Å². The third-order valence-electron chi connectivity index (χ3n) is 4.07. The molecule has 2 aromatic carbocycles. The maximum Gasteiger partial charge on any atom is 0.332 e. The first kappa shape index (κ1) is 27.8. The van der Waals surface area contributed by atoms with Crippen molar-refractivity contribution >= 4 is 38.9 Å². The van der Waals surface area contributed by atoms with E-state index in [0.29, 0.717) is 12.1 Å². The van der Waals surface area contributed by atoms with Crippen LogP contribution in [-0.4, -0.2) is 18.0 Å². The van der Waals surface area contributed by atoms with Gasteiger partial charge in [0.2, 0.25) is 0 Å². The molecule has 17 heteroatoms. The van der Waals surface area contributed by atoms with E-state index in [1.807, 2.05) is 5.32 Å². The summed E-state index contributed by atoms with van der Waals surface area (Å²) in [5, 5.41) is 3.34. The maximum absolute atomic E-state index is 13.7. The number of benzene rings is 2. The van der Waals surface area contributed by atoms with Gasteiger partial charge in [0.1, 0.15) is 4.90 Å². The largest absolute Gasteiger partial charge is 0.332 e. The maximum atomic E-state index is 13.7. The minimum atomic E-state index is -9.98. The number of thiocarbonyl (C=S) groups is 1. The molecule has 0 aliphatic rings. The van der Waals surface area contributed by atoms with Crippen molar-refractivity contribution in [2.75, 3.05) is 10.6 Å². The van der Waals surface area contributed by atoms with Gasteiger partial charge in [0.25, 0.3) is 0 Å². The van der Waals surface area contributed by atoms with E-state index in [2.05, 4.69) is 17.5 Å². The van der Waals surface area contributed by atoms with E-state index < -0.39 is 61.7 Å². The minimum absolute atomic E-state index is 0.00237. The Morgan fingerprint density at radius 3 is 1.41 bits per heavy atom. The topological polar surface area (TPSA) is 24.1 Å². The Labute approximate surface area is 187 Å². The van der Waals surface area contributed by atoms with Gasteiger partial charge in [-0.1, -0.05) is 19.4 Å².